The third kappa shape index (κ3) is 4.40. The maximum Gasteiger partial charge on any atom is 0.255 e. The van der Waals surface area contributed by atoms with Gasteiger partial charge in [0.15, 0.2) is 0 Å². The Morgan fingerprint density at radius 3 is 2.69 bits per heavy atom. The molecule has 1 saturated heterocycles. The van der Waals surface area contributed by atoms with E-state index in [-0.39, 0.29) is 17.7 Å². The van der Waals surface area contributed by atoms with Gasteiger partial charge in [-0.3, -0.25) is 9.59 Å². The summed E-state index contributed by atoms with van der Waals surface area (Å²) >= 11 is 7.53. The number of halogens is 1. The molecule has 1 fully saturated rings. The molecule has 2 heterocycles. The lowest BCUT2D eigenvalue weighted by molar-refractivity contribution is -0.121. The minimum Gasteiger partial charge on any atom is -0.339 e. The number of hydrogen-bond acceptors (Lipinski definition) is 5. The zero-order valence-corrected chi connectivity index (χ0v) is 16.1. The maximum atomic E-state index is 12.6. The molecule has 1 aromatic heterocycles. The van der Waals surface area contributed by atoms with E-state index in [9.17, 15) is 9.59 Å². The summed E-state index contributed by atoms with van der Waals surface area (Å²) < 4.78 is 0. The first-order valence-electron chi connectivity index (χ1n) is 8.75. The van der Waals surface area contributed by atoms with Crippen LogP contribution >= 0.6 is 22.9 Å². The lowest BCUT2D eigenvalue weighted by Crippen LogP contribution is -2.41. The molecule has 1 aliphatic rings. The quantitative estimate of drug-likeness (QED) is 0.842. The molecule has 0 bridgehead atoms. The molecule has 1 N–H and O–H groups in total. The number of nitrogens with one attached hydrogen (secondary N) is 1. The van der Waals surface area contributed by atoms with Gasteiger partial charge in [0.1, 0.15) is 5.01 Å². The smallest absolute Gasteiger partial charge is 0.255 e. The van der Waals surface area contributed by atoms with Gasteiger partial charge < -0.3 is 10.2 Å². The molecule has 0 aliphatic carbocycles. The van der Waals surface area contributed by atoms with Crippen LogP contribution in [0.25, 0.3) is 0 Å². The Kier molecular flexibility index (Phi) is 6.21. The van der Waals surface area contributed by atoms with Crippen molar-refractivity contribution in [2.24, 2.45) is 5.92 Å². The number of amides is 2. The SMILES string of the molecule is CCCc1nnc(NC(=O)C2CCN(C(=O)c3ccccc3Cl)CC2)s1. The van der Waals surface area contributed by atoms with Gasteiger partial charge in [-0.2, -0.15) is 0 Å². The highest BCUT2D eigenvalue weighted by atomic mass is 35.5. The number of anilines is 1. The zero-order chi connectivity index (χ0) is 18.5. The molecule has 0 atom stereocenters. The zero-order valence-electron chi connectivity index (χ0n) is 14.6. The molecule has 1 aromatic carbocycles. The normalized spacial score (nSPS) is 15.1. The number of hydrogen-bond donors (Lipinski definition) is 1. The molecule has 0 spiro atoms. The third-order valence-corrected chi connectivity index (χ3v) is 5.65. The fourth-order valence-electron chi connectivity index (χ4n) is 2.98. The van der Waals surface area contributed by atoms with Crippen molar-refractivity contribution in [3.8, 4) is 0 Å². The molecule has 3 rings (SSSR count). The topological polar surface area (TPSA) is 75.2 Å². The molecular weight excluding hydrogens is 372 g/mol. The number of aromatic nitrogens is 2. The first kappa shape index (κ1) is 18.8. The van der Waals surface area contributed by atoms with E-state index in [1.165, 1.54) is 11.3 Å². The van der Waals surface area contributed by atoms with Crippen LogP contribution in [-0.4, -0.2) is 40.0 Å². The van der Waals surface area contributed by atoms with Gasteiger partial charge in [0.05, 0.1) is 10.6 Å². The van der Waals surface area contributed by atoms with Crippen LogP contribution in [0.5, 0.6) is 0 Å². The van der Waals surface area contributed by atoms with E-state index < -0.39 is 0 Å². The number of carbonyl (C=O) groups is 2. The van der Waals surface area contributed by atoms with Crippen molar-refractivity contribution >= 4 is 39.9 Å². The molecule has 0 unspecified atom stereocenters. The van der Waals surface area contributed by atoms with Crippen LogP contribution in [0, 0.1) is 5.92 Å². The van der Waals surface area contributed by atoms with Gasteiger partial charge in [0.2, 0.25) is 11.0 Å². The van der Waals surface area contributed by atoms with Crippen LogP contribution in [0.3, 0.4) is 0 Å². The van der Waals surface area contributed by atoms with E-state index in [0.29, 0.717) is 41.6 Å². The second kappa shape index (κ2) is 8.60. The Morgan fingerprint density at radius 2 is 2.00 bits per heavy atom. The Hall–Kier alpha value is -1.99. The highest BCUT2D eigenvalue weighted by Crippen LogP contribution is 2.24. The van der Waals surface area contributed by atoms with E-state index in [2.05, 4.69) is 22.4 Å². The first-order valence-corrected chi connectivity index (χ1v) is 9.95. The largest absolute Gasteiger partial charge is 0.339 e. The van der Waals surface area contributed by atoms with E-state index >= 15 is 0 Å². The minimum atomic E-state index is -0.121. The summed E-state index contributed by atoms with van der Waals surface area (Å²) in [5.74, 6) is -0.249. The van der Waals surface area contributed by atoms with E-state index in [1.54, 1.807) is 29.2 Å². The number of piperidine rings is 1. The van der Waals surface area contributed by atoms with Crippen LogP contribution in [0.2, 0.25) is 5.02 Å². The molecule has 1 aliphatic heterocycles. The average molecular weight is 393 g/mol. The number of carbonyl (C=O) groups excluding carboxylic acids is 2. The van der Waals surface area contributed by atoms with E-state index in [4.69, 9.17) is 11.6 Å². The second-order valence-electron chi connectivity index (χ2n) is 6.29. The average Bonchev–Trinajstić information content (AvgIpc) is 3.09. The van der Waals surface area contributed by atoms with Gasteiger partial charge in [-0.1, -0.05) is 42.0 Å². The first-order chi connectivity index (χ1) is 12.6. The van der Waals surface area contributed by atoms with Crippen LogP contribution in [0.1, 0.15) is 41.6 Å². The summed E-state index contributed by atoms with van der Waals surface area (Å²) in [6.07, 6.45) is 3.13. The van der Waals surface area contributed by atoms with Gasteiger partial charge in [0.25, 0.3) is 5.91 Å². The highest BCUT2D eigenvalue weighted by molar-refractivity contribution is 7.15. The van der Waals surface area contributed by atoms with Crippen LogP contribution in [0.15, 0.2) is 24.3 Å². The van der Waals surface area contributed by atoms with Crippen molar-refractivity contribution in [2.45, 2.75) is 32.6 Å². The molecular formula is C18H21ClN4O2S. The predicted molar refractivity (Wildman–Crippen MR) is 103 cm³/mol. The molecule has 8 heteroatoms. The highest BCUT2D eigenvalue weighted by Gasteiger charge is 2.29. The lowest BCUT2D eigenvalue weighted by Gasteiger charge is -2.31. The van der Waals surface area contributed by atoms with Crippen LogP contribution < -0.4 is 5.32 Å². The van der Waals surface area contributed by atoms with E-state index in [0.717, 1.165) is 17.8 Å². The summed E-state index contributed by atoms with van der Waals surface area (Å²) in [4.78, 5) is 26.8. The molecule has 26 heavy (non-hydrogen) atoms. The van der Waals surface area contributed by atoms with Gasteiger partial charge in [-0.05, 0) is 31.4 Å². The van der Waals surface area contributed by atoms with Crippen molar-refractivity contribution in [2.75, 3.05) is 18.4 Å². The number of likely N-dealkylation sites (tertiary alicyclic amines) is 1. The van der Waals surface area contributed by atoms with Crippen LogP contribution in [0.4, 0.5) is 5.13 Å². The van der Waals surface area contributed by atoms with Crippen molar-refractivity contribution in [1.82, 2.24) is 15.1 Å². The summed E-state index contributed by atoms with van der Waals surface area (Å²) in [7, 11) is 0. The summed E-state index contributed by atoms with van der Waals surface area (Å²) in [5.41, 5.74) is 0.509. The monoisotopic (exact) mass is 392 g/mol. The summed E-state index contributed by atoms with van der Waals surface area (Å²) in [5, 5.41) is 12.9. The fraction of sp³-hybridized carbons (Fsp3) is 0.444. The molecule has 6 nitrogen and oxygen atoms in total. The summed E-state index contributed by atoms with van der Waals surface area (Å²) in [6, 6.07) is 7.04. The van der Waals surface area contributed by atoms with Crippen molar-refractivity contribution in [3.05, 3.63) is 39.9 Å². The molecule has 2 amide bonds. The second-order valence-corrected chi connectivity index (χ2v) is 7.76. The fourth-order valence-corrected chi connectivity index (χ4v) is 4.04. The number of aryl methyl sites for hydroxylation is 1. The Bertz CT molecular complexity index is 787. The van der Waals surface area contributed by atoms with Crippen molar-refractivity contribution < 1.29 is 9.59 Å². The molecule has 138 valence electrons. The Balaban J connectivity index is 1.53. The molecule has 0 saturated carbocycles. The standard InChI is InChI=1S/C18H21ClN4O2S/c1-2-5-15-21-22-18(26-15)20-16(24)12-8-10-23(11-9-12)17(25)13-6-3-4-7-14(13)19/h3-4,6-7,12H,2,5,8-11H2,1H3,(H,20,22,24). The van der Waals surface area contributed by atoms with Gasteiger partial charge in [0, 0.05) is 25.4 Å². The van der Waals surface area contributed by atoms with E-state index in [1.807, 2.05) is 0 Å². The number of benzene rings is 1. The van der Waals surface area contributed by atoms with Crippen LogP contribution in [-0.2, 0) is 11.2 Å². The Morgan fingerprint density at radius 1 is 1.27 bits per heavy atom. The van der Waals surface area contributed by atoms with Crippen molar-refractivity contribution in [3.63, 3.8) is 0 Å². The molecule has 0 radical (unpaired) electrons. The van der Waals surface area contributed by atoms with Gasteiger partial charge in [-0.15, -0.1) is 10.2 Å². The number of nitrogens with zero attached hydrogens (tertiary/aromatic N) is 3. The lowest BCUT2D eigenvalue weighted by atomic mass is 9.95. The number of rotatable bonds is 5. The maximum absolute atomic E-state index is 12.6. The Labute approximate surface area is 161 Å². The van der Waals surface area contributed by atoms with Crippen molar-refractivity contribution in [1.29, 1.82) is 0 Å². The minimum absolute atomic E-state index is 0.0472. The predicted octanol–water partition coefficient (Wildman–Crippen LogP) is 3.63. The van der Waals surface area contributed by atoms with Gasteiger partial charge in [-0.25, -0.2) is 0 Å². The van der Waals surface area contributed by atoms with Gasteiger partial charge >= 0.3 is 0 Å². The third-order valence-electron chi connectivity index (χ3n) is 4.42. The molecule has 2 aromatic rings. The summed E-state index contributed by atoms with van der Waals surface area (Å²) in [6.45, 7) is 3.16.